The van der Waals surface area contributed by atoms with Crippen LogP contribution in [0.5, 0.6) is 0 Å². The van der Waals surface area contributed by atoms with Crippen LogP contribution < -0.4 is 0 Å². The van der Waals surface area contributed by atoms with E-state index in [9.17, 15) is 8.42 Å². The molecule has 0 unspecified atom stereocenters. The van der Waals surface area contributed by atoms with Crippen molar-refractivity contribution < 1.29 is 8.42 Å². The molecule has 1 fully saturated rings. The van der Waals surface area contributed by atoms with Crippen LogP contribution in [0.2, 0.25) is 5.02 Å². The molecule has 82 valence electrons. The van der Waals surface area contributed by atoms with Crippen molar-refractivity contribution in [3.63, 3.8) is 0 Å². The summed E-state index contributed by atoms with van der Waals surface area (Å²) in [6, 6.07) is 4.76. The highest BCUT2D eigenvalue weighted by Crippen LogP contribution is 2.33. The zero-order valence-electron chi connectivity index (χ0n) is 7.91. The molecule has 2 nitrogen and oxygen atoms in total. The van der Waals surface area contributed by atoms with Crippen LogP contribution in [0.25, 0.3) is 0 Å². The maximum atomic E-state index is 11.9. The van der Waals surface area contributed by atoms with Crippen LogP contribution in [0.15, 0.2) is 27.6 Å². The first-order valence-corrected chi connectivity index (χ1v) is 7.49. The van der Waals surface area contributed by atoms with Crippen molar-refractivity contribution in [1.29, 1.82) is 0 Å². The molecule has 0 aromatic heterocycles. The molecule has 1 aromatic rings. The molecule has 0 amide bonds. The smallest absolute Gasteiger partial charge is 0.178 e. The molecule has 0 atom stereocenters. The summed E-state index contributed by atoms with van der Waals surface area (Å²) in [6.45, 7) is 0. The summed E-state index contributed by atoms with van der Waals surface area (Å²) in [7, 11) is -3.14. The Hall–Kier alpha value is -0.0600. The van der Waals surface area contributed by atoms with Gasteiger partial charge in [-0.1, -0.05) is 11.6 Å². The van der Waals surface area contributed by atoms with Gasteiger partial charge >= 0.3 is 0 Å². The first-order valence-electron chi connectivity index (χ1n) is 4.67. The second-order valence-electron chi connectivity index (χ2n) is 3.80. The zero-order chi connectivity index (χ0) is 11.1. The predicted molar refractivity (Wildman–Crippen MR) is 63.9 cm³/mol. The monoisotopic (exact) mass is 308 g/mol. The second kappa shape index (κ2) is 4.07. The molecule has 0 aliphatic heterocycles. The number of benzene rings is 1. The number of sulfone groups is 1. The van der Waals surface area contributed by atoms with Crippen molar-refractivity contribution in [2.75, 3.05) is 5.75 Å². The Balaban J connectivity index is 2.31. The molecular formula is C10H10BrClO2S. The molecule has 1 saturated carbocycles. The van der Waals surface area contributed by atoms with Crippen LogP contribution in [0.4, 0.5) is 0 Å². The minimum Gasteiger partial charge on any atom is -0.224 e. The number of rotatable bonds is 3. The van der Waals surface area contributed by atoms with Crippen LogP contribution >= 0.6 is 27.5 Å². The zero-order valence-corrected chi connectivity index (χ0v) is 11.1. The molecule has 15 heavy (non-hydrogen) atoms. The fraction of sp³-hybridized carbons (Fsp3) is 0.400. The van der Waals surface area contributed by atoms with Gasteiger partial charge in [-0.2, -0.15) is 0 Å². The fourth-order valence-corrected chi connectivity index (χ4v) is 3.57. The topological polar surface area (TPSA) is 34.1 Å². The van der Waals surface area contributed by atoms with Gasteiger partial charge in [0, 0.05) is 4.47 Å². The third-order valence-electron chi connectivity index (χ3n) is 2.40. The van der Waals surface area contributed by atoms with Crippen molar-refractivity contribution in [2.45, 2.75) is 17.7 Å². The van der Waals surface area contributed by atoms with Gasteiger partial charge in [-0.25, -0.2) is 8.42 Å². The molecule has 2 rings (SSSR count). The molecule has 0 radical (unpaired) electrons. The summed E-state index contributed by atoms with van der Waals surface area (Å²) in [4.78, 5) is 0.322. The lowest BCUT2D eigenvalue weighted by Crippen LogP contribution is -2.08. The van der Waals surface area contributed by atoms with E-state index in [1.807, 2.05) is 0 Å². The normalized spacial score (nSPS) is 16.7. The summed E-state index contributed by atoms with van der Waals surface area (Å²) >= 11 is 9.09. The van der Waals surface area contributed by atoms with E-state index in [1.54, 1.807) is 12.1 Å². The Labute approximate surface area is 103 Å². The molecule has 0 heterocycles. The lowest BCUT2D eigenvalue weighted by molar-refractivity contribution is 0.592. The van der Waals surface area contributed by atoms with E-state index in [0.29, 0.717) is 15.8 Å². The molecule has 1 aliphatic rings. The van der Waals surface area contributed by atoms with Gasteiger partial charge in [0.05, 0.1) is 15.7 Å². The van der Waals surface area contributed by atoms with E-state index >= 15 is 0 Å². The van der Waals surface area contributed by atoms with E-state index in [-0.39, 0.29) is 5.75 Å². The van der Waals surface area contributed by atoms with Crippen LogP contribution in [-0.2, 0) is 9.84 Å². The Morgan fingerprint density at radius 1 is 1.40 bits per heavy atom. The van der Waals surface area contributed by atoms with Crippen LogP contribution in [0, 0.1) is 5.92 Å². The minimum absolute atomic E-state index is 0.255. The molecule has 0 bridgehead atoms. The Morgan fingerprint density at radius 2 is 2.07 bits per heavy atom. The number of halogens is 2. The third kappa shape index (κ3) is 2.74. The number of hydrogen-bond donors (Lipinski definition) is 0. The van der Waals surface area contributed by atoms with Gasteiger partial charge in [0.25, 0.3) is 0 Å². The van der Waals surface area contributed by atoms with Crippen molar-refractivity contribution in [2.24, 2.45) is 5.92 Å². The van der Waals surface area contributed by atoms with E-state index in [1.165, 1.54) is 6.07 Å². The van der Waals surface area contributed by atoms with Crippen molar-refractivity contribution >= 4 is 37.4 Å². The summed E-state index contributed by atoms with van der Waals surface area (Å²) in [5.74, 6) is 0.614. The summed E-state index contributed by atoms with van der Waals surface area (Å²) in [5, 5.41) is 0.437. The average Bonchev–Trinajstić information content (AvgIpc) is 2.92. The van der Waals surface area contributed by atoms with Crippen molar-refractivity contribution in [1.82, 2.24) is 0 Å². The maximum Gasteiger partial charge on any atom is 0.178 e. The van der Waals surface area contributed by atoms with Crippen LogP contribution in [0.3, 0.4) is 0 Å². The lowest BCUT2D eigenvalue weighted by atomic mass is 10.4. The van der Waals surface area contributed by atoms with E-state index in [4.69, 9.17) is 11.6 Å². The van der Waals surface area contributed by atoms with Gasteiger partial charge in [-0.05, 0) is 52.9 Å². The molecule has 0 N–H and O–H groups in total. The molecule has 1 aliphatic carbocycles. The van der Waals surface area contributed by atoms with Crippen molar-refractivity contribution in [3.05, 3.63) is 27.7 Å². The Kier molecular flexibility index (Phi) is 3.10. The average molecular weight is 310 g/mol. The van der Waals surface area contributed by atoms with Gasteiger partial charge < -0.3 is 0 Å². The van der Waals surface area contributed by atoms with Gasteiger partial charge in [-0.15, -0.1) is 0 Å². The van der Waals surface area contributed by atoms with Gasteiger partial charge in [-0.3, -0.25) is 0 Å². The molecule has 0 spiro atoms. The summed E-state index contributed by atoms with van der Waals surface area (Å²) in [5.41, 5.74) is 0. The van der Waals surface area contributed by atoms with Gasteiger partial charge in [0.2, 0.25) is 0 Å². The van der Waals surface area contributed by atoms with E-state index in [2.05, 4.69) is 15.9 Å². The minimum atomic E-state index is -3.14. The Bertz CT molecular complexity index is 480. The van der Waals surface area contributed by atoms with Gasteiger partial charge in [0.15, 0.2) is 9.84 Å². The fourth-order valence-electron chi connectivity index (χ4n) is 1.36. The van der Waals surface area contributed by atoms with E-state index < -0.39 is 9.84 Å². The number of hydrogen-bond acceptors (Lipinski definition) is 2. The molecular weight excluding hydrogens is 300 g/mol. The first kappa shape index (κ1) is 11.4. The molecule has 5 heteroatoms. The highest BCUT2D eigenvalue weighted by atomic mass is 79.9. The highest BCUT2D eigenvalue weighted by Gasteiger charge is 2.29. The summed E-state index contributed by atoms with van der Waals surface area (Å²) < 4.78 is 24.5. The van der Waals surface area contributed by atoms with Crippen LogP contribution in [-0.4, -0.2) is 14.2 Å². The third-order valence-corrected chi connectivity index (χ3v) is 5.52. The summed E-state index contributed by atoms with van der Waals surface area (Å²) in [6.07, 6.45) is 2.06. The standard InChI is InChI=1S/C10H10BrClO2S/c11-9-4-3-8(5-10(9)12)15(13,14)6-7-1-2-7/h3-5,7H,1-2,6H2. The maximum absolute atomic E-state index is 11.9. The van der Waals surface area contributed by atoms with Crippen LogP contribution in [0.1, 0.15) is 12.8 Å². The quantitative estimate of drug-likeness (QED) is 0.858. The molecule has 1 aromatic carbocycles. The largest absolute Gasteiger partial charge is 0.224 e. The highest BCUT2D eigenvalue weighted by molar-refractivity contribution is 9.10. The van der Waals surface area contributed by atoms with Crippen molar-refractivity contribution in [3.8, 4) is 0 Å². The molecule has 0 saturated heterocycles. The second-order valence-corrected chi connectivity index (χ2v) is 7.10. The Morgan fingerprint density at radius 3 is 2.60 bits per heavy atom. The lowest BCUT2D eigenvalue weighted by Gasteiger charge is -2.04. The first-order chi connectivity index (χ1) is 6.99. The van der Waals surface area contributed by atoms with E-state index in [0.717, 1.165) is 17.3 Å². The SMILES string of the molecule is O=S(=O)(CC1CC1)c1ccc(Br)c(Cl)c1. The predicted octanol–water partition coefficient (Wildman–Crippen LogP) is 3.29. The van der Waals surface area contributed by atoms with Gasteiger partial charge in [0.1, 0.15) is 0 Å².